The maximum atomic E-state index is 5.70. The number of aromatic nitrogens is 1. The third kappa shape index (κ3) is 2.68. The smallest absolute Gasteiger partial charge is 0.128 e. The van der Waals surface area contributed by atoms with Crippen molar-refractivity contribution in [1.82, 2.24) is 4.98 Å². The van der Waals surface area contributed by atoms with E-state index in [4.69, 9.17) is 10.7 Å². The van der Waals surface area contributed by atoms with E-state index in [9.17, 15) is 0 Å². The zero-order chi connectivity index (χ0) is 13.9. The molecule has 1 aromatic heterocycles. The van der Waals surface area contributed by atoms with Crippen LogP contribution in [0.3, 0.4) is 0 Å². The highest BCUT2D eigenvalue weighted by molar-refractivity contribution is 5.43. The Hall–Kier alpha value is -1.87. The van der Waals surface area contributed by atoms with Gasteiger partial charge in [0.2, 0.25) is 0 Å². The second-order valence-electron chi connectivity index (χ2n) is 5.51. The fraction of sp³-hybridized carbons (Fsp3) is 0.353. The molecule has 104 valence electrons. The maximum Gasteiger partial charge on any atom is 0.128 e. The van der Waals surface area contributed by atoms with E-state index in [2.05, 4.69) is 48.3 Å². The lowest BCUT2D eigenvalue weighted by Crippen LogP contribution is -2.18. The van der Waals surface area contributed by atoms with Crippen LogP contribution in [0.5, 0.6) is 0 Å². The summed E-state index contributed by atoms with van der Waals surface area (Å²) in [4.78, 5) is 7.00. The monoisotopic (exact) mass is 267 g/mol. The molecule has 0 bridgehead atoms. The van der Waals surface area contributed by atoms with Gasteiger partial charge in [-0.05, 0) is 42.0 Å². The molecule has 20 heavy (non-hydrogen) atoms. The van der Waals surface area contributed by atoms with Crippen molar-refractivity contribution in [3.8, 4) is 0 Å². The van der Waals surface area contributed by atoms with E-state index in [0.717, 1.165) is 18.8 Å². The number of nitrogens with two attached hydrogens (primary N) is 1. The second kappa shape index (κ2) is 5.63. The minimum Gasteiger partial charge on any atom is -0.355 e. The molecule has 1 aliphatic rings. The largest absolute Gasteiger partial charge is 0.355 e. The number of nitrogens with zero attached hydrogens (tertiary/aromatic N) is 2. The summed E-state index contributed by atoms with van der Waals surface area (Å²) in [5.41, 5.74) is 10.9. The molecular formula is C17H21N3. The molecule has 0 radical (unpaired) electrons. The molecule has 3 rings (SSSR count). The van der Waals surface area contributed by atoms with Gasteiger partial charge in [0.15, 0.2) is 0 Å². The topological polar surface area (TPSA) is 42.1 Å². The van der Waals surface area contributed by atoms with Crippen LogP contribution < -0.4 is 10.6 Å². The quantitative estimate of drug-likeness (QED) is 0.926. The highest BCUT2D eigenvalue weighted by atomic mass is 15.2. The summed E-state index contributed by atoms with van der Waals surface area (Å²) >= 11 is 0. The van der Waals surface area contributed by atoms with Crippen LogP contribution >= 0.6 is 0 Å². The first kappa shape index (κ1) is 13.1. The van der Waals surface area contributed by atoms with Gasteiger partial charge in [-0.3, -0.25) is 0 Å². The third-order valence-corrected chi connectivity index (χ3v) is 3.95. The Labute approximate surface area is 120 Å². The molecule has 3 heteroatoms. The van der Waals surface area contributed by atoms with E-state index in [1.807, 2.05) is 0 Å². The summed E-state index contributed by atoms with van der Waals surface area (Å²) in [6.45, 7) is 1.45. The lowest BCUT2D eigenvalue weighted by atomic mass is 10.1. The van der Waals surface area contributed by atoms with Crippen LogP contribution in [-0.4, -0.2) is 12.0 Å². The van der Waals surface area contributed by atoms with Crippen molar-refractivity contribution in [3.63, 3.8) is 0 Å². The van der Waals surface area contributed by atoms with Gasteiger partial charge in [-0.25, -0.2) is 4.98 Å². The number of hydrogen-bond acceptors (Lipinski definition) is 3. The van der Waals surface area contributed by atoms with Crippen LogP contribution in [0.1, 0.15) is 28.8 Å². The van der Waals surface area contributed by atoms with Crippen LogP contribution in [0.4, 0.5) is 5.82 Å². The minimum atomic E-state index is 0.592. The molecular weight excluding hydrogens is 246 g/mol. The van der Waals surface area contributed by atoms with E-state index in [1.165, 1.54) is 35.2 Å². The Morgan fingerprint density at radius 3 is 2.85 bits per heavy atom. The Kier molecular flexibility index (Phi) is 3.70. The van der Waals surface area contributed by atoms with E-state index < -0.39 is 0 Å². The van der Waals surface area contributed by atoms with Gasteiger partial charge in [0, 0.05) is 25.8 Å². The maximum absolute atomic E-state index is 5.70. The number of pyridine rings is 1. The Bertz CT molecular complexity index is 607. The van der Waals surface area contributed by atoms with E-state index in [-0.39, 0.29) is 0 Å². The highest BCUT2D eigenvalue weighted by Gasteiger charge is 2.14. The van der Waals surface area contributed by atoms with Crippen LogP contribution in [0, 0.1) is 0 Å². The average molecular weight is 267 g/mol. The lowest BCUT2D eigenvalue weighted by molar-refractivity contribution is 0.871. The minimum absolute atomic E-state index is 0.592. The molecule has 0 aliphatic heterocycles. The molecule has 0 saturated heterocycles. The average Bonchev–Trinajstić information content (AvgIpc) is 2.94. The number of benzene rings is 1. The number of aryl methyl sites for hydroxylation is 2. The number of fused-ring (bicyclic) bond motifs is 1. The van der Waals surface area contributed by atoms with Crippen molar-refractivity contribution < 1.29 is 0 Å². The van der Waals surface area contributed by atoms with Gasteiger partial charge in [-0.15, -0.1) is 0 Å². The summed E-state index contributed by atoms with van der Waals surface area (Å²) in [5.74, 6) is 1.06. The van der Waals surface area contributed by atoms with Crippen LogP contribution in [0.25, 0.3) is 0 Å². The summed E-state index contributed by atoms with van der Waals surface area (Å²) < 4.78 is 0. The molecule has 2 aromatic rings. The van der Waals surface area contributed by atoms with Crippen molar-refractivity contribution in [3.05, 3.63) is 58.8 Å². The predicted molar refractivity (Wildman–Crippen MR) is 82.7 cm³/mol. The summed E-state index contributed by atoms with van der Waals surface area (Å²) in [5, 5.41) is 0. The van der Waals surface area contributed by atoms with Gasteiger partial charge >= 0.3 is 0 Å². The molecule has 3 nitrogen and oxygen atoms in total. The second-order valence-corrected chi connectivity index (χ2v) is 5.51. The van der Waals surface area contributed by atoms with Crippen LogP contribution in [-0.2, 0) is 25.9 Å². The summed E-state index contributed by atoms with van der Waals surface area (Å²) in [6, 6.07) is 12.8. The zero-order valence-electron chi connectivity index (χ0n) is 12.0. The Morgan fingerprint density at radius 1 is 1.15 bits per heavy atom. The van der Waals surface area contributed by atoms with Crippen molar-refractivity contribution >= 4 is 5.82 Å². The molecule has 0 amide bonds. The van der Waals surface area contributed by atoms with Gasteiger partial charge < -0.3 is 10.6 Å². The molecule has 0 saturated carbocycles. The van der Waals surface area contributed by atoms with E-state index in [1.54, 1.807) is 0 Å². The van der Waals surface area contributed by atoms with E-state index in [0.29, 0.717) is 6.54 Å². The first-order valence-corrected chi connectivity index (χ1v) is 7.24. The molecule has 1 aromatic carbocycles. The third-order valence-electron chi connectivity index (χ3n) is 3.95. The molecule has 2 N–H and O–H groups in total. The zero-order valence-corrected chi connectivity index (χ0v) is 12.0. The van der Waals surface area contributed by atoms with Gasteiger partial charge in [-0.2, -0.15) is 0 Å². The van der Waals surface area contributed by atoms with Crippen molar-refractivity contribution in [1.29, 1.82) is 0 Å². The van der Waals surface area contributed by atoms with Gasteiger partial charge in [-0.1, -0.05) is 30.3 Å². The molecule has 1 heterocycles. The first-order valence-electron chi connectivity index (χ1n) is 7.24. The standard InChI is InChI=1S/C17H21N3/c1-20(12-14-5-2-4-13(10-14)11-18)17-9-8-15-6-3-7-16(15)19-17/h2,4-5,8-10H,3,6-7,11-12,18H2,1H3. The molecule has 0 spiro atoms. The van der Waals surface area contributed by atoms with E-state index >= 15 is 0 Å². The number of rotatable bonds is 4. The molecule has 1 aliphatic carbocycles. The predicted octanol–water partition coefficient (Wildman–Crippen LogP) is 2.67. The summed E-state index contributed by atoms with van der Waals surface area (Å²) in [6.07, 6.45) is 3.55. The fourth-order valence-corrected chi connectivity index (χ4v) is 2.83. The van der Waals surface area contributed by atoms with Gasteiger partial charge in [0.25, 0.3) is 0 Å². The fourth-order valence-electron chi connectivity index (χ4n) is 2.83. The van der Waals surface area contributed by atoms with Crippen molar-refractivity contribution in [2.24, 2.45) is 5.73 Å². The Morgan fingerprint density at radius 2 is 2.00 bits per heavy atom. The number of anilines is 1. The molecule has 0 fully saturated rings. The lowest BCUT2D eigenvalue weighted by Gasteiger charge is -2.19. The SMILES string of the molecule is CN(Cc1cccc(CN)c1)c1ccc2c(n1)CCC2. The van der Waals surface area contributed by atoms with Crippen molar-refractivity contribution in [2.75, 3.05) is 11.9 Å². The first-order chi connectivity index (χ1) is 9.76. The number of hydrogen-bond donors (Lipinski definition) is 1. The van der Waals surface area contributed by atoms with Crippen LogP contribution in [0.2, 0.25) is 0 Å². The highest BCUT2D eigenvalue weighted by Crippen LogP contribution is 2.23. The summed E-state index contributed by atoms with van der Waals surface area (Å²) in [7, 11) is 2.10. The van der Waals surface area contributed by atoms with Gasteiger partial charge in [0.1, 0.15) is 5.82 Å². The molecule has 0 unspecified atom stereocenters. The molecule has 0 atom stereocenters. The van der Waals surface area contributed by atoms with Crippen molar-refractivity contribution in [2.45, 2.75) is 32.4 Å². The van der Waals surface area contributed by atoms with Gasteiger partial charge in [0.05, 0.1) is 0 Å². The normalized spacial score (nSPS) is 13.3. The Balaban J connectivity index is 1.77. The van der Waals surface area contributed by atoms with Crippen LogP contribution in [0.15, 0.2) is 36.4 Å².